The molecule has 0 bridgehead atoms. The molecule has 0 aromatic carbocycles. The number of rotatable bonds is 2. The number of nitrogens with zero attached hydrogens (tertiary/aromatic N) is 3. The zero-order chi connectivity index (χ0) is 16.0. The van der Waals surface area contributed by atoms with E-state index in [0.29, 0.717) is 21.1 Å². The number of pyridine rings is 1. The molecule has 0 amide bonds. The lowest BCUT2D eigenvalue weighted by Crippen LogP contribution is -2.22. The second-order valence-corrected chi connectivity index (χ2v) is 7.08. The van der Waals surface area contributed by atoms with Gasteiger partial charge in [0.15, 0.2) is 5.82 Å². The molecule has 0 spiro atoms. The van der Waals surface area contributed by atoms with Crippen LogP contribution in [-0.4, -0.2) is 19.9 Å². The van der Waals surface area contributed by atoms with Gasteiger partial charge >= 0.3 is 0 Å². The third-order valence-electron chi connectivity index (χ3n) is 4.24. The predicted molar refractivity (Wildman–Crippen MR) is 90.6 cm³/mol. The highest BCUT2D eigenvalue weighted by molar-refractivity contribution is 7.19. The fourth-order valence-electron chi connectivity index (χ4n) is 3.09. The van der Waals surface area contributed by atoms with E-state index in [1.54, 1.807) is 23.6 Å². The minimum atomic E-state index is -0.297. The first-order chi connectivity index (χ1) is 11.2. The maximum Gasteiger partial charge on any atom is 0.290 e. The standard InChI is InChI=1S/C16H14ClN3O2S/c17-12-5-6-18-15(11(12)8-21)20-16(22)14-10(7-19-20)9-3-1-2-4-13(9)23-14/h5-7,21H,1-4,8H2. The van der Waals surface area contributed by atoms with E-state index in [0.717, 1.165) is 24.6 Å². The molecule has 0 saturated heterocycles. The van der Waals surface area contributed by atoms with Crippen LogP contribution in [0.5, 0.6) is 0 Å². The second kappa shape index (κ2) is 5.70. The minimum absolute atomic E-state index is 0.202. The van der Waals surface area contributed by atoms with Crippen LogP contribution in [0.1, 0.15) is 28.8 Å². The Bertz CT molecular complexity index is 964. The molecular weight excluding hydrogens is 334 g/mol. The van der Waals surface area contributed by atoms with Crippen molar-refractivity contribution in [2.75, 3.05) is 0 Å². The third-order valence-corrected chi connectivity index (χ3v) is 5.89. The zero-order valence-corrected chi connectivity index (χ0v) is 13.8. The quantitative estimate of drug-likeness (QED) is 0.774. The van der Waals surface area contributed by atoms with Gasteiger partial charge in [-0.05, 0) is 37.3 Å². The molecule has 3 heterocycles. The topological polar surface area (TPSA) is 68.0 Å². The summed E-state index contributed by atoms with van der Waals surface area (Å²) in [6, 6.07) is 1.59. The Morgan fingerprint density at radius 3 is 3.00 bits per heavy atom. The third kappa shape index (κ3) is 2.29. The molecule has 1 aliphatic rings. The minimum Gasteiger partial charge on any atom is -0.391 e. The van der Waals surface area contributed by atoms with Crippen LogP contribution in [0.15, 0.2) is 23.3 Å². The van der Waals surface area contributed by atoms with Gasteiger partial charge in [0, 0.05) is 22.0 Å². The molecule has 0 atom stereocenters. The van der Waals surface area contributed by atoms with E-state index in [2.05, 4.69) is 10.1 Å². The summed E-state index contributed by atoms with van der Waals surface area (Å²) >= 11 is 7.65. The van der Waals surface area contributed by atoms with Gasteiger partial charge in [-0.15, -0.1) is 11.3 Å². The fourth-order valence-corrected chi connectivity index (χ4v) is 4.58. The SMILES string of the molecule is O=c1c2sc3c(c2cnn1-c1nccc(Cl)c1CO)CCCC3. The van der Waals surface area contributed by atoms with Gasteiger partial charge in [0.1, 0.15) is 4.70 Å². The van der Waals surface area contributed by atoms with Crippen molar-refractivity contribution in [2.45, 2.75) is 32.3 Å². The lowest BCUT2D eigenvalue weighted by atomic mass is 9.97. The van der Waals surface area contributed by atoms with Crippen LogP contribution in [-0.2, 0) is 19.4 Å². The van der Waals surface area contributed by atoms with E-state index in [-0.39, 0.29) is 12.2 Å². The van der Waals surface area contributed by atoms with Crippen molar-refractivity contribution in [3.05, 3.63) is 49.8 Å². The first-order valence-corrected chi connectivity index (χ1v) is 8.67. The van der Waals surface area contributed by atoms with Gasteiger partial charge in [0.25, 0.3) is 5.56 Å². The molecule has 0 unspecified atom stereocenters. The van der Waals surface area contributed by atoms with Crippen molar-refractivity contribution >= 4 is 33.0 Å². The first-order valence-electron chi connectivity index (χ1n) is 7.48. The number of aromatic nitrogens is 3. The van der Waals surface area contributed by atoms with Crippen LogP contribution in [0.3, 0.4) is 0 Å². The summed E-state index contributed by atoms with van der Waals surface area (Å²) in [7, 11) is 0. The Labute approximate surface area is 141 Å². The summed E-state index contributed by atoms with van der Waals surface area (Å²) < 4.78 is 1.94. The average Bonchev–Trinajstić information content (AvgIpc) is 2.95. The molecule has 3 aromatic heterocycles. The molecular formula is C16H14ClN3O2S. The Hall–Kier alpha value is -1.76. The molecule has 4 rings (SSSR count). The van der Waals surface area contributed by atoms with Gasteiger partial charge in [0.05, 0.1) is 17.8 Å². The monoisotopic (exact) mass is 347 g/mol. The van der Waals surface area contributed by atoms with E-state index in [4.69, 9.17) is 11.6 Å². The highest BCUT2D eigenvalue weighted by Crippen LogP contribution is 2.34. The average molecular weight is 348 g/mol. The largest absolute Gasteiger partial charge is 0.391 e. The molecule has 23 heavy (non-hydrogen) atoms. The molecule has 1 aliphatic carbocycles. The van der Waals surface area contributed by atoms with Crippen LogP contribution < -0.4 is 5.56 Å². The molecule has 0 saturated carbocycles. The lowest BCUT2D eigenvalue weighted by Gasteiger charge is -2.10. The summed E-state index contributed by atoms with van der Waals surface area (Å²) in [4.78, 5) is 18.4. The van der Waals surface area contributed by atoms with Crippen molar-refractivity contribution < 1.29 is 5.11 Å². The van der Waals surface area contributed by atoms with Gasteiger partial charge in [-0.2, -0.15) is 9.78 Å². The van der Waals surface area contributed by atoms with E-state index < -0.39 is 0 Å². The molecule has 0 radical (unpaired) electrons. The van der Waals surface area contributed by atoms with Crippen LogP contribution in [0, 0.1) is 0 Å². The number of aryl methyl sites for hydroxylation is 2. The Morgan fingerprint density at radius 1 is 1.35 bits per heavy atom. The van der Waals surface area contributed by atoms with Crippen molar-refractivity contribution in [2.24, 2.45) is 0 Å². The van der Waals surface area contributed by atoms with Crippen molar-refractivity contribution in [3.8, 4) is 5.82 Å². The van der Waals surface area contributed by atoms with E-state index >= 15 is 0 Å². The molecule has 3 aromatic rings. The Kier molecular flexibility index (Phi) is 3.67. The van der Waals surface area contributed by atoms with E-state index in [1.807, 2.05) is 0 Å². The number of fused-ring (bicyclic) bond motifs is 3. The van der Waals surface area contributed by atoms with Crippen molar-refractivity contribution in [3.63, 3.8) is 0 Å². The van der Waals surface area contributed by atoms with Crippen LogP contribution in [0.25, 0.3) is 15.9 Å². The van der Waals surface area contributed by atoms with Crippen LogP contribution in [0.4, 0.5) is 0 Å². The van der Waals surface area contributed by atoms with Crippen LogP contribution in [0.2, 0.25) is 5.02 Å². The summed E-state index contributed by atoms with van der Waals surface area (Å²) in [5.41, 5.74) is 1.48. The van der Waals surface area contributed by atoms with Gasteiger partial charge in [-0.1, -0.05) is 11.6 Å². The van der Waals surface area contributed by atoms with E-state index in [9.17, 15) is 9.90 Å². The molecule has 0 fully saturated rings. The Balaban J connectivity index is 1.98. The summed E-state index contributed by atoms with van der Waals surface area (Å²) in [5.74, 6) is 0.290. The maximum absolute atomic E-state index is 12.9. The van der Waals surface area contributed by atoms with Crippen molar-refractivity contribution in [1.82, 2.24) is 14.8 Å². The van der Waals surface area contributed by atoms with Gasteiger partial charge < -0.3 is 5.11 Å². The number of thiophene rings is 1. The van der Waals surface area contributed by atoms with Gasteiger partial charge in [-0.3, -0.25) is 4.79 Å². The molecule has 0 aliphatic heterocycles. The smallest absolute Gasteiger partial charge is 0.290 e. The van der Waals surface area contributed by atoms with Gasteiger partial charge in [0.2, 0.25) is 0 Å². The summed E-state index contributed by atoms with van der Waals surface area (Å²) in [6.07, 6.45) is 7.62. The Morgan fingerprint density at radius 2 is 2.17 bits per heavy atom. The number of hydrogen-bond acceptors (Lipinski definition) is 5. The summed E-state index contributed by atoms with van der Waals surface area (Å²) in [6.45, 7) is -0.297. The highest BCUT2D eigenvalue weighted by Gasteiger charge is 2.20. The van der Waals surface area contributed by atoms with Crippen LogP contribution >= 0.6 is 22.9 Å². The maximum atomic E-state index is 12.9. The van der Waals surface area contributed by atoms with Crippen molar-refractivity contribution in [1.29, 1.82) is 0 Å². The predicted octanol–water partition coefficient (Wildman–Crippen LogP) is 2.87. The molecule has 1 N–H and O–H groups in total. The summed E-state index contributed by atoms with van der Waals surface area (Å²) in [5, 5.41) is 15.1. The number of halogens is 1. The first kappa shape index (κ1) is 14.8. The molecule has 118 valence electrons. The molecule has 7 heteroatoms. The molecule has 5 nitrogen and oxygen atoms in total. The zero-order valence-electron chi connectivity index (χ0n) is 12.3. The number of aliphatic hydroxyl groups excluding tert-OH is 1. The van der Waals surface area contributed by atoms with Gasteiger partial charge in [-0.25, -0.2) is 4.98 Å². The normalized spacial score (nSPS) is 14.2. The number of aliphatic hydroxyl groups is 1. The number of hydrogen-bond donors (Lipinski definition) is 1. The highest BCUT2D eigenvalue weighted by atomic mass is 35.5. The second-order valence-electron chi connectivity index (χ2n) is 5.57. The fraction of sp³-hybridized carbons (Fsp3) is 0.312. The lowest BCUT2D eigenvalue weighted by molar-refractivity contribution is 0.281. The van der Waals surface area contributed by atoms with E-state index in [1.165, 1.54) is 27.7 Å².